The summed E-state index contributed by atoms with van der Waals surface area (Å²) in [7, 11) is 0. The molecule has 60 valence electrons. The van der Waals surface area contributed by atoms with Gasteiger partial charge in [0.1, 0.15) is 0 Å². The van der Waals surface area contributed by atoms with Gasteiger partial charge in [-0.25, -0.2) is 9.79 Å². The molecule has 3 nitrogen and oxygen atoms in total. The maximum absolute atomic E-state index is 10.1. The van der Waals surface area contributed by atoms with Crippen molar-refractivity contribution < 1.29 is 4.79 Å². The zero-order valence-electron chi connectivity index (χ0n) is 6.42. The van der Waals surface area contributed by atoms with E-state index in [0.717, 1.165) is 13.1 Å². The molecule has 2 unspecified atom stereocenters. The maximum atomic E-state index is 10.1. The summed E-state index contributed by atoms with van der Waals surface area (Å²) in [6, 6.07) is 0.286. The largest absolute Gasteiger partial charge is 0.316 e. The van der Waals surface area contributed by atoms with Crippen molar-refractivity contribution in [2.75, 3.05) is 13.1 Å². The van der Waals surface area contributed by atoms with Crippen LogP contribution in [0.1, 0.15) is 12.8 Å². The summed E-state index contributed by atoms with van der Waals surface area (Å²) in [4.78, 5) is 13.9. The van der Waals surface area contributed by atoms with Crippen LogP contribution in [0.15, 0.2) is 4.99 Å². The third-order valence-corrected chi connectivity index (χ3v) is 2.89. The van der Waals surface area contributed by atoms with Crippen molar-refractivity contribution in [2.24, 2.45) is 16.8 Å². The van der Waals surface area contributed by atoms with Gasteiger partial charge in [-0.3, -0.25) is 0 Å². The second kappa shape index (κ2) is 2.76. The Morgan fingerprint density at radius 2 is 1.91 bits per heavy atom. The Balaban J connectivity index is 2.14. The van der Waals surface area contributed by atoms with Gasteiger partial charge in [0.25, 0.3) is 0 Å². The Labute approximate surface area is 65.9 Å². The first-order valence-electron chi connectivity index (χ1n) is 4.19. The van der Waals surface area contributed by atoms with Crippen LogP contribution in [0.5, 0.6) is 0 Å². The molecule has 1 heterocycles. The first-order valence-corrected chi connectivity index (χ1v) is 4.19. The Bertz CT molecular complexity index is 182. The van der Waals surface area contributed by atoms with Gasteiger partial charge in [0.05, 0.1) is 6.04 Å². The summed E-state index contributed by atoms with van der Waals surface area (Å²) in [5.74, 6) is 1.21. The molecule has 0 aromatic carbocycles. The van der Waals surface area contributed by atoms with E-state index in [2.05, 4.69) is 10.3 Å². The monoisotopic (exact) mass is 152 g/mol. The summed E-state index contributed by atoms with van der Waals surface area (Å²) in [6.45, 7) is 2.07. The predicted molar refractivity (Wildman–Crippen MR) is 41.0 cm³/mol. The number of hydrogen-bond acceptors (Lipinski definition) is 3. The highest BCUT2D eigenvalue weighted by Crippen LogP contribution is 2.35. The summed E-state index contributed by atoms with van der Waals surface area (Å²) in [6.07, 6.45) is 4.14. The highest BCUT2D eigenvalue weighted by molar-refractivity contribution is 5.34. The number of nitrogens with zero attached hydrogens (tertiary/aromatic N) is 1. The Morgan fingerprint density at radius 3 is 2.45 bits per heavy atom. The molecule has 0 aromatic rings. The number of hydrogen-bond donors (Lipinski definition) is 1. The Morgan fingerprint density at radius 1 is 1.27 bits per heavy atom. The molecule has 2 bridgehead atoms. The lowest BCUT2D eigenvalue weighted by atomic mass is 9.94. The van der Waals surface area contributed by atoms with Gasteiger partial charge in [-0.15, -0.1) is 0 Å². The van der Waals surface area contributed by atoms with Crippen molar-refractivity contribution in [3.63, 3.8) is 0 Å². The van der Waals surface area contributed by atoms with E-state index in [-0.39, 0.29) is 6.04 Å². The fraction of sp³-hybridized carbons (Fsp3) is 0.875. The summed E-state index contributed by atoms with van der Waals surface area (Å²) < 4.78 is 0. The van der Waals surface area contributed by atoms with Gasteiger partial charge in [0, 0.05) is 13.1 Å². The van der Waals surface area contributed by atoms with E-state index < -0.39 is 0 Å². The van der Waals surface area contributed by atoms with Gasteiger partial charge >= 0.3 is 0 Å². The number of rotatable bonds is 1. The number of isocyanates is 1. The SMILES string of the molecule is O=C=NC1C2CCC1CNC2. The molecule has 2 atom stereocenters. The van der Waals surface area contributed by atoms with Crippen molar-refractivity contribution in [1.82, 2.24) is 5.32 Å². The normalized spacial score (nSPS) is 41.6. The number of fused-ring (bicyclic) bond motifs is 2. The molecular weight excluding hydrogens is 140 g/mol. The van der Waals surface area contributed by atoms with Gasteiger partial charge in [-0.2, -0.15) is 0 Å². The van der Waals surface area contributed by atoms with Crippen LogP contribution in [0.2, 0.25) is 0 Å². The molecule has 0 spiro atoms. The lowest BCUT2D eigenvalue weighted by Gasteiger charge is -2.25. The van der Waals surface area contributed by atoms with Crippen LogP contribution in [-0.4, -0.2) is 25.2 Å². The summed E-state index contributed by atoms with van der Waals surface area (Å²) in [5, 5.41) is 3.35. The fourth-order valence-corrected chi connectivity index (χ4v) is 2.33. The first-order chi connectivity index (χ1) is 5.42. The van der Waals surface area contributed by atoms with E-state index in [9.17, 15) is 4.79 Å². The van der Waals surface area contributed by atoms with Crippen LogP contribution in [0, 0.1) is 11.8 Å². The van der Waals surface area contributed by atoms with Gasteiger partial charge in [0.2, 0.25) is 6.08 Å². The van der Waals surface area contributed by atoms with Crippen molar-refractivity contribution in [3.05, 3.63) is 0 Å². The second-order valence-corrected chi connectivity index (χ2v) is 3.47. The van der Waals surface area contributed by atoms with Crippen LogP contribution >= 0.6 is 0 Å². The fourth-order valence-electron chi connectivity index (χ4n) is 2.33. The highest BCUT2D eigenvalue weighted by Gasteiger charge is 2.38. The van der Waals surface area contributed by atoms with E-state index in [0.29, 0.717) is 11.8 Å². The zero-order valence-corrected chi connectivity index (χ0v) is 6.42. The predicted octanol–water partition coefficient (Wildman–Crippen LogP) is 0.320. The summed E-state index contributed by atoms with van der Waals surface area (Å²) in [5.41, 5.74) is 0. The molecule has 0 amide bonds. The molecule has 0 radical (unpaired) electrons. The minimum atomic E-state index is 0.286. The topological polar surface area (TPSA) is 41.5 Å². The van der Waals surface area contributed by atoms with Gasteiger partial charge in [-0.05, 0) is 24.7 Å². The van der Waals surface area contributed by atoms with Gasteiger partial charge in [-0.1, -0.05) is 0 Å². The van der Waals surface area contributed by atoms with E-state index in [1.54, 1.807) is 6.08 Å². The smallest absolute Gasteiger partial charge is 0.235 e. The molecule has 2 fully saturated rings. The lowest BCUT2D eigenvalue weighted by Crippen LogP contribution is -2.40. The maximum Gasteiger partial charge on any atom is 0.235 e. The minimum absolute atomic E-state index is 0.286. The van der Waals surface area contributed by atoms with E-state index >= 15 is 0 Å². The first kappa shape index (κ1) is 7.01. The third kappa shape index (κ3) is 1.10. The van der Waals surface area contributed by atoms with E-state index in [1.165, 1.54) is 12.8 Å². The Hall–Kier alpha value is -0.660. The molecule has 1 aliphatic heterocycles. The third-order valence-electron chi connectivity index (χ3n) is 2.89. The van der Waals surface area contributed by atoms with Gasteiger partial charge in [0.15, 0.2) is 0 Å². The zero-order chi connectivity index (χ0) is 7.68. The van der Waals surface area contributed by atoms with Crippen LogP contribution in [-0.2, 0) is 4.79 Å². The molecule has 1 saturated carbocycles. The van der Waals surface area contributed by atoms with Crippen molar-refractivity contribution in [2.45, 2.75) is 18.9 Å². The Kier molecular flexibility index (Phi) is 1.76. The average molecular weight is 152 g/mol. The number of aliphatic imine (C=N–C) groups is 1. The molecule has 0 aromatic heterocycles. The minimum Gasteiger partial charge on any atom is -0.316 e. The summed E-state index contributed by atoms with van der Waals surface area (Å²) >= 11 is 0. The van der Waals surface area contributed by atoms with Crippen molar-refractivity contribution in [1.29, 1.82) is 0 Å². The number of carbonyl (C=O) groups excluding carboxylic acids is 1. The quantitative estimate of drug-likeness (QED) is 0.434. The van der Waals surface area contributed by atoms with Crippen molar-refractivity contribution >= 4 is 6.08 Å². The molecule has 11 heavy (non-hydrogen) atoms. The molecule has 1 saturated heterocycles. The van der Waals surface area contributed by atoms with Crippen LogP contribution in [0.3, 0.4) is 0 Å². The molecule has 2 aliphatic rings. The molecule has 1 N–H and O–H groups in total. The average Bonchev–Trinajstić information content (AvgIpc) is 2.30. The molecule has 3 heteroatoms. The molecular formula is C8H12N2O. The van der Waals surface area contributed by atoms with Crippen LogP contribution in [0.4, 0.5) is 0 Å². The molecule has 1 aliphatic carbocycles. The van der Waals surface area contributed by atoms with E-state index in [4.69, 9.17) is 0 Å². The van der Waals surface area contributed by atoms with Crippen LogP contribution < -0.4 is 5.32 Å². The molecule has 2 rings (SSSR count). The van der Waals surface area contributed by atoms with Crippen molar-refractivity contribution in [3.8, 4) is 0 Å². The van der Waals surface area contributed by atoms with E-state index in [1.807, 2.05) is 0 Å². The number of nitrogens with one attached hydrogen (secondary N) is 1. The van der Waals surface area contributed by atoms with Gasteiger partial charge < -0.3 is 5.32 Å². The lowest BCUT2D eigenvalue weighted by molar-refractivity contribution is 0.324. The van der Waals surface area contributed by atoms with Crippen LogP contribution in [0.25, 0.3) is 0 Å². The highest BCUT2D eigenvalue weighted by atomic mass is 16.1. The number of piperidine rings is 1. The standard InChI is InChI=1S/C8H12N2O/c11-5-10-8-6-1-2-7(8)4-9-3-6/h6-9H,1-4H2. The second-order valence-electron chi connectivity index (χ2n) is 3.47.